The summed E-state index contributed by atoms with van der Waals surface area (Å²) in [5.41, 5.74) is 19.5. The van der Waals surface area contributed by atoms with E-state index in [2.05, 4.69) is 361 Å². The molecule has 0 bridgehead atoms. The molecule has 0 amide bonds. The van der Waals surface area contributed by atoms with E-state index in [1.165, 1.54) is 86.8 Å². The first-order chi connectivity index (χ1) is 52.1. The summed E-state index contributed by atoms with van der Waals surface area (Å²) in [6, 6.07) is 124. The summed E-state index contributed by atoms with van der Waals surface area (Å²) in [5.74, 6) is 6.73. The molecule has 0 radical (unpaired) electrons. The SMILES string of the molecule is C1=CC([Si]2(c3cccc4ccccc34)c3ccccc3N(c3cccc4c3Oc3cccc5c3B4c3ccccc3O5)c3ccccc32)CC(c2ccc3c(c2)Oc2cccc4c2B3c2ccc(N3c5ccccc5[Si]5(c6ccccc6N(c6ccccc6)c6ccccc65)c5ccccc53)cc2O4)=C1. The van der Waals surface area contributed by atoms with Crippen molar-refractivity contribution in [2.24, 2.45) is 0 Å². The summed E-state index contributed by atoms with van der Waals surface area (Å²) in [5, 5.41) is 12.1. The van der Waals surface area contributed by atoms with E-state index in [0.717, 1.165) is 108 Å². The van der Waals surface area contributed by atoms with Gasteiger partial charge in [-0.15, -0.1) is 0 Å². The maximum atomic E-state index is 7.27. The van der Waals surface area contributed by atoms with Gasteiger partial charge in [0.1, 0.15) is 46.0 Å². The molecule has 0 N–H and O–H groups in total. The summed E-state index contributed by atoms with van der Waals surface area (Å²) in [6.07, 6.45) is 8.05. The van der Waals surface area contributed by atoms with Gasteiger partial charge in [-0.25, -0.2) is 0 Å². The molecule has 8 aliphatic rings. The predicted octanol–water partition coefficient (Wildman–Crippen LogP) is 14.9. The smallest absolute Gasteiger partial charge is 0.260 e. The molecule has 1 unspecified atom stereocenters. The largest absolute Gasteiger partial charge is 0.458 e. The normalized spacial score (nSPS) is 16.1. The molecule has 15 aromatic carbocycles. The second-order valence-electron chi connectivity index (χ2n) is 28.7. The number of ether oxygens (including phenoxy) is 4. The fourth-order valence-corrected chi connectivity index (χ4v) is 31.1. The number of para-hydroxylation sites is 9. The Labute approximate surface area is 611 Å². The van der Waals surface area contributed by atoms with Crippen molar-refractivity contribution >= 4 is 166 Å². The maximum absolute atomic E-state index is 7.27. The Morgan fingerprint density at radius 2 is 0.733 bits per heavy atom. The Morgan fingerprint density at radius 3 is 1.37 bits per heavy atom. The summed E-state index contributed by atoms with van der Waals surface area (Å²) in [4.78, 5) is 7.48. The summed E-state index contributed by atoms with van der Waals surface area (Å²) in [7, 11) is -6.19. The fourth-order valence-electron chi connectivity index (χ4n) is 19.7. The molecular weight excluding hydrogens is 1310 g/mol. The lowest BCUT2D eigenvalue weighted by Gasteiger charge is -2.50. The Morgan fingerprint density at radius 1 is 0.305 bits per heavy atom. The minimum atomic E-state index is -3.19. The molecule has 490 valence electrons. The molecule has 7 aliphatic heterocycles. The molecule has 7 nitrogen and oxygen atoms in total. The van der Waals surface area contributed by atoms with Gasteiger partial charge in [-0.3, -0.25) is 0 Å². The Balaban J connectivity index is 0.630. The van der Waals surface area contributed by atoms with Gasteiger partial charge in [0.2, 0.25) is 0 Å². The zero-order valence-electron chi connectivity index (χ0n) is 56.9. The van der Waals surface area contributed by atoms with Crippen LogP contribution in [0.5, 0.6) is 46.0 Å². The predicted molar refractivity (Wildman–Crippen MR) is 437 cm³/mol. The molecule has 0 saturated heterocycles. The standard InChI is InChI=1S/C94H61B2N3O4Si2/c1-2-28-63(29-3-1)97-71-34-7-16-48-88(71)105(89-49-17-8-35-72(89)97)90-50-18-9-36-73(90)98(74-37-10-19-51-91(74)105)64-54-56-69-84(59-64)102-81-44-23-43-80-92(81)95(69)68-55-53-62(58-83(68)101-80)61-27-20-30-65(57-61)104(85-52-21-26-60-25-4-5-31-66(60)85)86-46-14-11-38-75(86)99(76-39-12-15-47-87(76)104)77-40-22-33-70-94(77)103-82-45-24-42-79-93(82)96(70)67-32-6-13-41-78(67)100-79/h1-56,58-59,65H,57H2. The number of allylic oxidation sites excluding steroid dienone is 4. The molecule has 7 heterocycles. The van der Waals surface area contributed by atoms with Gasteiger partial charge in [0.25, 0.3) is 13.4 Å². The van der Waals surface area contributed by atoms with Crippen molar-refractivity contribution in [3.63, 3.8) is 0 Å². The van der Waals surface area contributed by atoms with E-state index in [1.807, 2.05) is 6.07 Å². The van der Waals surface area contributed by atoms with Crippen LogP contribution in [-0.2, 0) is 0 Å². The molecule has 1 atom stereocenters. The highest BCUT2D eigenvalue weighted by Crippen LogP contribution is 2.51. The van der Waals surface area contributed by atoms with E-state index < -0.39 is 16.1 Å². The van der Waals surface area contributed by atoms with E-state index in [0.29, 0.717) is 0 Å². The van der Waals surface area contributed by atoms with E-state index in [1.54, 1.807) is 0 Å². The van der Waals surface area contributed by atoms with Gasteiger partial charge >= 0.3 is 0 Å². The van der Waals surface area contributed by atoms with Crippen molar-refractivity contribution in [3.05, 3.63) is 357 Å². The quantitative estimate of drug-likeness (QED) is 0.154. The lowest BCUT2D eigenvalue weighted by molar-refractivity contribution is 0.464. The van der Waals surface area contributed by atoms with Crippen LogP contribution in [0.2, 0.25) is 5.54 Å². The highest BCUT2D eigenvalue weighted by molar-refractivity contribution is 7.23. The summed E-state index contributed by atoms with van der Waals surface area (Å²) in [6.45, 7) is -0.211. The van der Waals surface area contributed by atoms with Crippen molar-refractivity contribution in [2.45, 2.75) is 12.0 Å². The molecule has 23 rings (SSSR count). The van der Waals surface area contributed by atoms with Crippen LogP contribution in [-0.4, -0.2) is 29.6 Å². The number of hydrogen-bond donors (Lipinski definition) is 0. The molecule has 15 aromatic rings. The maximum Gasteiger partial charge on any atom is 0.260 e. The topological polar surface area (TPSA) is 46.6 Å². The summed E-state index contributed by atoms with van der Waals surface area (Å²) >= 11 is 0. The van der Waals surface area contributed by atoms with Crippen LogP contribution >= 0.6 is 0 Å². The van der Waals surface area contributed by atoms with Gasteiger partial charge in [-0.2, -0.15) is 0 Å². The first-order valence-electron chi connectivity index (χ1n) is 36.4. The van der Waals surface area contributed by atoms with Crippen molar-refractivity contribution < 1.29 is 18.9 Å². The zero-order valence-corrected chi connectivity index (χ0v) is 58.9. The summed E-state index contributed by atoms with van der Waals surface area (Å²) < 4.78 is 28.2. The number of nitrogens with zero attached hydrogens (tertiary/aromatic N) is 3. The number of hydrogen-bond acceptors (Lipinski definition) is 7. The number of rotatable bonds is 6. The van der Waals surface area contributed by atoms with E-state index >= 15 is 0 Å². The third kappa shape index (κ3) is 8.11. The Bertz CT molecular complexity index is 6190. The Hall–Kier alpha value is -12.8. The molecule has 11 heteroatoms. The first kappa shape index (κ1) is 58.8. The van der Waals surface area contributed by atoms with Gasteiger partial charge in [0.05, 0.1) is 5.69 Å². The average molecular weight is 1370 g/mol. The highest BCUT2D eigenvalue weighted by atomic mass is 28.3. The average Bonchev–Trinajstić information content (AvgIpc) is 0.685. The minimum absolute atomic E-state index is 0.0717. The van der Waals surface area contributed by atoms with E-state index in [4.69, 9.17) is 18.9 Å². The van der Waals surface area contributed by atoms with Crippen LogP contribution in [0.25, 0.3) is 16.3 Å². The number of anilines is 9. The lowest BCUT2D eigenvalue weighted by atomic mass is 9.35. The molecule has 0 fully saturated rings. The lowest BCUT2D eigenvalue weighted by Crippen LogP contribution is -2.79. The van der Waals surface area contributed by atoms with Crippen LogP contribution in [0.1, 0.15) is 12.0 Å². The zero-order chi connectivity index (χ0) is 68.6. The van der Waals surface area contributed by atoms with Crippen molar-refractivity contribution in [3.8, 4) is 46.0 Å². The van der Waals surface area contributed by atoms with Crippen LogP contribution in [0, 0.1) is 0 Å². The third-order valence-electron chi connectivity index (χ3n) is 23.8. The van der Waals surface area contributed by atoms with Gasteiger partial charge in [0, 0.05) is 62.5 Å². The van der Waals surface area contributed by atoms with Gasteiger partial charge < -0.3 is 33.6 Å². The molecule has 1 spiro atoms. The van der Waals surface area contributed by atoms with Crippen LogP contribution in [0.3, 0.4) is 0 Å². The molecule has 0 saturated carbocycles. The van der Waals surface area contributed by atoms with Crippen LogP contribution in [0.4, 0.5) is 51.2 Å². The van der Waals surface area contributed by atoms with Gasteiger partial charge in [-0.1, -0.05) is 249 Å². The van der Waals surface area contributed by atoms with E-state index in [9.17, 15) is 0 Å². The van der Waals surface area contributed by atoms with Gasteiger partial charge in [-0.05, 0) is 189 Å². The molecule has 105 heavy (non-hydrogen) atoms. The monoisotopic (exact) mass is 1370 g/mol. The van der Waals surface area contributed by atoms with E-state index in [-0.39, 0.29) is 19.0 Å². The number of fused-ring (bicyclic) bond motifs is 19. The van der Waals surface area contributed by atoms with Crippen molar-refractivity contribution in [1.82, 2.24) is 0 Å². The highest BCUT2D eigenvalue weighted by Gasteiger charge is 2.56. The van der Waals surface area contributed by atoms with Crippen LogP contribution < -0.4 is 103 Å². The first-order valence-corrected chi connectivity index (χ1v) is 40.5. The molecule has 1 aliphatic carbocycles. The minimum Gasteiger partial charge on any atom is -0.458 e. The second-order valence-corrected chi connectivity index (χ2v) is 36.4. The van der Waals surface area contributed by atoms with Crippen molar-refractivity contribution in [1.29, 1.82) is 0 Å². The van der Waals surface area contributed by atoms with Crippen LogP contribution in [0.15, 0.2) is 352 Å². The number of benzene rings is 15. The van der Waals surface area contributed by atoms with Crippen molar-refractivity contribution in [2.75, 3.05) is 14.7 Å². The third-order valence-corrected chi connectivity index (χ3v) is 34.0. The Kier molecular flexibility index (Phi) is 12.5. The van der Waals surface area contributed by atoms with Gasteiger partial charge in [0.15, 0.2) is 16.1 Å². The molecule has 0 aromatic heterocycles. The fraction of sp³-hybridized carbons (Fsp3) is 0.0213. The second kappa shape index (κ2) is 22.4. The molecular formula is C94H61B2N3O4Si2.